The SMILES string of the molecule is CC(C)(NC(=O)OCC1c2ccccc2-c2ccccc21)C(=O)NCC1(C(=O)O)CCC1. The number of nitrogens with one attached hydrogen (secondary N) is 2. The maximum absolute atomic E-state index is 12.6. The molecule has 0 spiro atoms. The molecule has 3 N–H and O–H groups in total. The fourth-order valence-corrected chi connectivity index (χ4v) is 4.49. The van der Waals surface area contributed by atoms with Crippen molar-refractivity contribution in [1.29, 1.82) is 0 Å². The number of ether oxygens (including phenoxy) is 1. The highest BCUT2D eigenvalue weighted by molar-refractivity contribution is 5.89. The van der Waals surface area contributed by atoms with E-state index in [9.17, 15) is 19.5 Å². The van der Waals surface area contributed by atoms with Crippen molar-refractivity contribution in [3.8, 4) is 11.1 Å². The molecule has 0 aliphatic heterocycles. The Morgan fingerprint density at radius 2 is 1.59 bits per heavy atom. The van der Waals surface area contributed by atoms with E-state index in [1.54, 1.807) is 13.8 Å². The number of carbonyl (C=O) groups excluding carboxylic acids is 2. The van der Waals surface area contributed by atoms with Crippen LogP contribution >= 0.6 is 0 Å². The average Bonchev–Trinajstić information content (AvgIpc) is 3.04. The molecule has 2 aliphatic carbocycles. The van der Waals surface area contributed by atoms with Crippen LogP contribution in [-0.4, -0.2) is 41.8 Å². The Hall–Kier alpha value is -3.35. The molecule has 4 rings (SSSR count). The van der Waals surface area contributed by atoms with E-state index in [2.05, 4.69) is 22.8 Å². The van der Waals surface area contributed by atoms with Crippen LogP contribution in [0.4, 0.5) is 4.79 Å². The summed E-state index contributed by atoms with van der Waals surface area (Å²) < 4.78 is 5.52. The van der Waals surface area contributed by atoms with E-state index in [0.717, 1.165) is 28.7 Å². The molecular formula is C25H28N2O5. The molecule has 0 aromatic heterocycles. The zero-order valence-electron chi connectivity index (χ0n) is 18.3. The molecule has 0 heterocycles. The zero-order valence-corrected chi connectivity index (χ0v) is 18.3. The average molecular weight is 437 g/mol. The van der Waals surface area contributed by atoms with Crippen molar-refractivity contribution in [3.63, 3.8) is 0 Å². The minimum atomic E-state index is -1.24. The second-order valence-corrected chi connectivity index (χ2v) is 9.20. The molecule has 0 bridgehead atoms. The number of alkyl carbamates (subject to hydrolysis) is 1. The summed E-state index contributed by atoms with van der Waals surface area (Å²) in [5.41, 5.74) is 2.36. The molecule has 7 heteroatoms. The Balaban J connectivity index is 1.35. The second-order valence-electron chi connectivity index (χ2n) is 9.20. The van der Waals surface area contributed by atoms with Gasteiger partial charge < -0.3 is 20.5 Å². The Labute approximate surface area is 187 Å². The van der Waals surface area contributed by atoms with Gasteiger partial charge in [-0.2, -0.15) is 0 Å². The van der Waals surface area contributed by atoms with Crippen LogP contribution in [0, 0.1) is 5.41 Å². The summed E-state index contributed by atoms with van der Waals surface area (Å²) in [6.45, 7) is 3.34. The summed E-state index contributed by atoms with van der Waals surface area (Å²) in [5, 5.41) is 14.7. The third-order valence-corrected chi connectivity index (χ3v) is 6.68. The highest BCUT2D eigenvalue weighted by Gasteiger charge is 2.45. The van der Waals surface area contributed by atoms with E-state index in [1.807, 2.05) is 36.4 Å². The third-order valence-electron chi connectivity index (χ3n) is 6.68. The summed E-state index contributed by atoms with van der Waals surface area (Å²) in [6.07, 6.45) is 1.23. The summed E-state index contributed by atoms with van der Waals surface area (Å²) >= 11 is 0. The first-order valence-electron chi connectivity index (χ1n) is 10.9. The molecule has 2 aliphatic rings. The smallest absolute Gasteiger partial charge is 0.408 e. The number of hydrogen-bond acceptors (Lipinski definition) is 4. The highest BCUT2D eigenvalue weighted by atomic mass is 16.5. The van der Waals surface area contributed by atoms with Gasteiger partial charge in [0.1, 0.15) is 12.1 Å². The van der Waals surface area contributed by atoms with Crippen molar-refractivity contribution in [2.24, 2.45) is 5.41 Å². The van der Waals surface area contributed by atoms with Gasteiger partial charge in [0.15, 0.2) is 0 Å². The van der Waals surface area contributed by atoms with E-state index in [-0.39, 0.29) is 19.1 Å². The lowest BCUT2D eigenvalue weighted by atomic mass is 9.68. The van der Waals surface area contributed by atoms with Crippen LogP contribution in [-0.2, 0) is 14.3 Å². The van der Waals surface area contributed by atoms with Crippen molar-refractivity contribution >= 4 is 18.0 Å². The Kier molecular flexibility index (Phi) is 5.67. The summed E-state index contributed by atoms with van der Waals surface area (Å²) in [7, 11) is 0. The zero-order chi connectivity index (χ0) is 22.9. The molecule has 1 fully saturated rings. The van der Waals surface area contributed by atoms with E-state index in [0.29, 0.717) is 12.8 Å². The topological polar surface area (TPSA) is 105 Å². The van der Waals surface area contributed by atoms with Gasteiger partial charge >= 0.3 is 12.1 Å². The lowest BCUT2D eigenvalue weighted by Gasteiger charge is -2.38. The molecule has 0 unspecified atom stereocenters. The van der Waals surface area contributed by atoms with E-state index in [4.69, 9.17) is 4.74 Å². The molecule has 168 valence electrons. The van der Waals surface area contributed by atoms with Crippen LogP contribution < -0.4 is 10.6 Å². The first-order valence-corrected chi connectivity index (χ1v) is 10.9. The van der Waals surface area contributed by atoms with E-state index in [1.165, 1.54) is 0 Å². The number of aliphatic carboxylic acids is 1. The maximum Gasteiger partial charge on any atom is 0.408 e. The van der Waals surface area contributed by atoms with Gasteiger partial charge in [0.05, 0.1) is 5.41 Å². The fraction of sp³-hybridized carbons (Fsp3) is 0.400. The van der Waals surface area contributed by atoms with Crippen LogP contribution in [0.15, 0.2) is 48.5 Å². The lowest BCUT2D eigenvalue weighted by Crippen LogP contribution is -2.57. The largest absolute Gasteiger partial charge is 0.481 e. The summed E-state index contributed by atoms with van der Waals surface area (Å²) in [4.78, 5) is 36.6. The number of carboxylic acids is 1. The number of amides is 2. The van der Waals surface area contributed by atoms with Crippen LogP contribution in [0.1, 0.15) is 50.2 Å². The van der Waals surface area contributed by atoms with Gasteiger partial charge in [-0.05, 0) is 48.9 Å². The standard InChI is InChI=1S/C25H28N2O5/c1-24(2,21(28)26-15-25(22(29)30)12-7-13-25)27-23(31)32-14-20-18-10-5-3-8-16(18)17-9-4-6-11-19(17)20/h3-6,8-11,20H,7,12-15H2,1-2H3,(H,26,28)(H,27,31)(H,29,30). The highest BCUT2D eigenvalue weighted by Crippen LogP contribution is 2.44. The molecule has 0 atom stereocenters. The normalized spacial score (nSPS) is 16.3. The number of benzene rings is 2. The second kappa shape index (κ2) is 8.30. The van der Waals surface area contributed by atoms with E-state index >= 15 is 0 Å². The minimum absolute atomic E-state index is 0.0525. The van der Waals surface area contributed by atoms with Crippen molar-refractivity contribution in [2.75, 3.05) is 13.2 Å². The number of carbonyl (C=O) groups is 3. The predicted molar refractivity (Wildman–Crippen MR) is 119 cm³/mol. The van der Waals surface area contributed by atoms with Gasteiger partial charge in [0, 0.05) is 12.5 Å². The van der Waals surface area contributed by atoms with Crippen molar-refractivity contribution in [3.05, 3.63) is 59.7 Å². The van der Waals surface area contributed by atoms with Gasteiger partial charge in [-0.3, -0.25) is 9.59 Å². The fourth-order valence-electron chi connectivity index (χ4n) is 4.49. The molecule has 2 amide bonds. The van der Waals surface area contributed by atoms with Gasteiger partial charge in [-0.15, -0.1) is 0 Å². The molecule has 0 radical (unpaired) electrons. The van der Waals surface area contributed by atoms with E-state index < -0.39 is 28.9 Å². The molecule has 2 aromatic rings. The molecule has 2 aromatic carbocycles. The molecule has 1 saturated carbocycles. The van der Waals surface area contributed by atoms with Crippen LogP contribution in [0.3, 0.4) is 0 Å². The first-order chi connectivity index (χ1) is 15.2. The predicted octanol–water partition coefficient (Wildman–Crippen LogP) is 3.67. The molecule has 32 heavy (non-hydrogen) atoms. The molecule has 7 nitrogen and oxygen atoms in total. The quantitative estimate of drug-likeness (QED) is 0.614. The maximum atomic E-state index is 12.6. The lowest BCUT2D eigenvalue weighted by molar-refractivity contribution is -0.154. The summed E-state index contributed by atoms with van der Waals surface area (Å²) in [6, 6.07) is 16.1. The van der Waals surface area contributed by atoms with Crippen LogP contribution in [0.25, 0.3) is 11.1 Å². The first kappa shape index (κ1) is 21.9. The monoisotopic (exact) mass is 436 g/mol. The number of rotatable bonds is 7. The third kappa shape index (κ3) is 3.95. The molecule has 0 saturated heterocycles. The Morgan fingerprint density at radius 3 is 2.09 bits per heavy atom. The Bertz CT molecular complexity index is 1010. The van der Waals surface area contributed by atoms with Gasteiger partial charge in [-0.25, -0.2) is 4.79 Å². The van der Waals surface area contributed by atoms with Gasteiger partial charge in [0.25, 0.3) is 0 Å². The number of hydrogen-bond donors (Lipinski definition) is 3. The van der Waals surface area contributed by atoms with Crippen molar-refractivity contribution < 1.29 is 24.2 Å². The Morgan fingerprint density at radius 1 is 1.03 bits per heavy atom. The van der Waals surface area contributed by atoms with Gasteiger partial charge in [-0.1, -0.05) is 55.0 Å². The minimum Gasteiger partial charge on any atom is -0.481 e. The van der Waals surface area contributed by atoms with Crippen LogP contribution in [0.5, 0.6) is 0 Å². The molecular weight excluding hydrogens is 408 g/mol. The number of carboxylic acid groups (broad SMARTS) is 1. The van der Waals surface area contributed by atoms with Gasteiger partial charge in [0.2, 0.25) is 5.91 Å². The number of fused-ring (bicyclic) bond motifs is 3. The van der Waals surface area contributed by atoms with Crippen molar-refractivity contribution in [1.82, 2.24) is 10.6 Å². The summed E-state index contributed by atoms with van der Waals surface area (Å²) in [5.74, 6) is -1.41. The van der Waals surface area contributed by atoms with Crippen molar-refractivity contribution in [2.45, 2.75) is 44.6 Å². The van der Waals surface area contributed by atoms with Crippen LogP contribution in [0.2, 0.25) is 0 Å².